The van der Waals surface area contributed by atoms with Crippen LogP contribution in [0.2, 0.25) is 0 Å². The topological polar surface area (TPSA) is 88.3 Å². The zero-order valence-electron chi connectivity index (χ0n) is 13.9. The van der Waals surface area contributed by atoms with E-state index in [9.17, 15) is 9.59 Å². The number of aromatic nitrogens is 2. The molecule has 1 aliphatic rings. The number of hydrogen-bond acceptors (Lipinski definition) is 6. The summed E-state index contributed by atoms with van der Waals surface area (Å²) >= 11 is 1.53. The van der Waals surface area contributed by atoms with Crippen molar-refractivity contribution in [3.05, 3.63) is 22.7 Å². The average molecular weight is 348 g/mol. The Hall–Kier alpha value is -2.22. The Balaban J connectivity index is 1.71. The van der Waals surface area contributed by atoms with E-state index in [2.05, 4.69) is 29.3 Å². The lowest BCUT2D eigenvalue weighted by atomic mass is 9.92. The van der Waals surface area contributed by atoms with Crippen molar-refractivity contribution in [3.8, 4) is 11.4 Å². The van der Waals surface area contributed by atoms with Crippen LogP contribution < -0.4 is 5.32 Å². The van der Waals surface area contributed by atoms with Crippen molar-refractivity contribution < 1.29 is 14.1 Å². The molecule has 8 heteroatoms. The van der Waals surface area contributed by atoms with E-state index in [1.54, 1.807) is 6.92 Å². The van der Waals surface area contributed by atoms with Gasteiger partial charge in [0.25, 0.3) is 5.91 Å². The van der Waals surface area contributed by atoms with E-state index in [1.807, 2.05) is 16.8 Å². The number of urea groups is 1. The van der Waals surface area contributed by atoms with Gasteiger partial charge in [0.2, 0.25) is 11.7 Å². The van der Waals surface area contributed by atoms with E-state index in [0.29, 0.717) is 18.2 Å². The summed E-state index contributed by atoms with van der Waals surface area (Å²) in [7, 11) is 0. The van der Waals surface area contributed by atoms with Crippen LogP contribution in [-0.2, 0) is 11.3 Å². The van der Waals surface area contributed by atoms with Crippen molar-refractivity contribution in [3.63, 3.8) is 0 Å². The van der Waals surface area contributed by atoms with Crippen LogP contribution in [0.1, 0.15) is 39.5 Å². The number of nitrogens with one attached hydrogen (secondary N) is 1. The van der Waals surface area contributed by atoms with Gasteiger partial charge in [-0.2, -0.15) is 16.3 Å². The van der Waals surface area contributed by atoms with Crippen LogP contribution in [0.25, 0.3) is 11.4 Å². The molecule has 0 spiro atoms. The summed E-state index contributed by atoms with van der Waals surface area (Å²) in [5.41, 5.74) is -0.00800. The molecule has 24 heavy (non-hydrogen) atoms. The van der Waals surface area contributed by atoms with Crippen molar-refractivity contribution >= 4 is 23.3 Å². The molecule has 0 bridgehead atoms. The number of hydrogen-bond donors (Lipinski definition) is 1. The Bertz CT molecular complexity index is 740. The van der Waals surface area contributed by atoms with Crippen molar-refractivity contribution in [1.29, 1.82) is 0 Å². The Kier molecular flexibility index (Phi) is 4.40. The van der Waals surface area contributed by atoms with Gasteiger partial charge in [0.1, 0.15) is 12.1 Å². The van der Waals surface area contributed by atoms with Crippen LogP contribution in [0.15, 0.2) is 21.3 Å². The predicted molar refractivity (Wildman–Crippen MR) is 89.2 cm³/mol. The number of thiophene rings is 1. The fraction of sp³-hybridized carbons (Fsp3) is 0.500. The van der Waals surface area contributed by atoms with E-state index in [4.69, 9.17) is 4.52 Å². The molecule has 2 aromatic rings. The summed E-state index contributed by atoms with van der Waals surface area (Å²) in [6.07, 6.45) is 1.47. The molecule has 0 aliphatic carbocycles. The van der Waals surface area contributed by atoms with Crippen molar-refractivity contribution in [2.75, 3.05) is 0 Å². The highest BCUT2D eigenvalue weighted by atomic mass is 32.1. The molecule has 128 valence electrons. The molecule has 2 aromatic heterocycles. The van der Waals surface area contributed by atoms with E-state index in [0.717, 1.165) is 16.9 Å². The lowest BCUT2D eigenvalue weighted by Gasteiger charge is -2.22. The van der Waals surface area contributed by atoms with Gasteiger partial charge in [0, 0.05) is 10.9 Å². The van der Waals surface area contributed by atoms with Gasteiger partial charge in [-0.05, 0) is 37.1 Å². The molecule has 3 heterocycles. The maximum atomic E-state index is 12.6. The maximum absolute atomic E-state index is 12.6. The monoisotopic (exact) mass is 348 g/mol. The number of carbonyl (C=O) groups excluding carboxylic acids is 2. The number of carbonyl (C=O) groups is 2. The van der Waals surface area contributed by atoms with Gasteiger partial charge < -0.3 is 9.84 Å². The van der Waals surface area contributed by atoms with Crippen molar-refractivity contribution in [2.45, 2.75) is 45.7 Å². The molecule has 0 aromatic carbocycles. The van der Waals surface area contributed by atoms with Gasteiger partial charge in [-0.3, -0.25) is 9.69 Å². The lowest BCUT2D eigenvalue weighted by Crippen LogP contribution is -2.44. The molecule has 1 atom stereocenters. The van der Waals surface area contributed by atoms with Crippen molar-refractivity contribution in [1.82, 2.24) is 20.4 Å². The third-order valence-corrected chi connectivity index (χ3v) is 4.79. The van der Waals surface area contributed by atoms with Crippen LogP contribution in [0.3, 0.4) is 0 Å². The fourth-order valence-electron chi connectivity index (χ4n) is 2.60. The van der Waals surface area contributed by atoms with Crippen LogP contribution >= 0.6 is 11.3 Å². The van der Waals surface area contributed by atoms with Crippen LogP contribution in [-0.4, -0.2) is 32.5 Å². The summed E-state index contributed by atoms with van der Waals surface area (Å²) in [4.78, 5) is 30.2. The highest BCUT2D eigenvalue weighted by Crippen LogP contribution is 2.26. The van der Waals surface area contributed by atoms with Gasteiger partial charge in [-0.1, -0.05) is 19.0 Å². The molecule has 1 fully saturated rings. The summed E-state index contributed by atoms with van der Waals surface area (Å²) in [5.74, 6) is 0.918. The molecule has 0 unspecified atom stereocenters. The molecule has 0 saturated carbocycles. The lowest BCUT2D eigenvalue weighted by molar-refractivity contribution is -0.131. The van der Waals surface area contributed by atoms with Gasteiger partial charge in [0.05, 0.1) is 0 Å². The minimum atomic E-state index is -0.864. The highest BCUT2D eigenvalue weighted by Gasteiger charge is 2.47. The van der Waals surface area contributed by atoms with Crippen LogP contribution in [0.5, 0.6) is 0 Å². The quantitative estimate of drug-likeness (QED) is 0.811. The van der Waals surface area contributed by atoms with E-state index >= 15 is 0 Å². The molecular formula is C16H20N4O3S. The summed E-state index contributed by atoms with van der Waals surface area (Å²) in [6.45, 7) is 5.93. The Labute approximate surface area is 144 Å². The first-order valence-corrected chi connectivity index (χ1v) is 8.82. The summed E-state index contributed by atoms with van der Waals surface area (Å²) < 4.78 is 5.18. The number of nitrogens with zero attached hydrogens (tertiary/aromatic N) is 3. The molecule has 7 nitrogen and oxygen atoms in total. The second-order valence-corrected chi connectivity index (χ2v) is 7.39. The van der Waals surface area contributed by atoms with Crippen LogP contribution in [0, 0.1) is 5.92 Å². The molecular weight excluding hydrogens is 328 g/mol. The largest absolute Gasteiger partial charge is 0.337 e. The average Bonchev–Trinajstić information content (AvgIpc) is 3.23. The number of amides is 3. The van der Waals surface area contributed by atoms with E-state index in [1.165, 1.54) is 11.3 Å². The second kappa shape index (κ2) is 6.35. The number of imide groups is 1. The van der Waals surface area contributed by atoms with Crippen molar-refractivity contribution in [2.24, 2.45) is 5.92 Å². The summed E-state index contributed by atoms with van der Waals surface area (Å²) in [6, 6.07) is 1.47. The highest BCUT2D eigenvalue weighted by molar-refractivity contribution is 7.08. The van der Waals surface area contributed by atoms with Gasteiger partial charge in [-0.15, -0.1) is 0 Å². The minimum Gasteiger partial charge on any atom is -0.337 e. The fourth-order valence-corrected chi connectivity index (χ4v) is 3.24. The maximum Gasteiger partial charge on any atom is 0.325 e. The Morgan fingerprint density at radius 1 is 1.42 bits per heavy atom. The first kappa shape index (κ1) is 16.6. The minimum absolute atomic E-state index is 0.0148. The smallest absolute Gasteiger partial charge is 0.325 e. The SMILES string of the molecule is CC(C)CC[C@@]1(C)NC(=O)N(Cc2nc(-c3ccsc3)no2)C1=O. The Morgan fingerprint density at radius 3 is 2.88 bits per heavy atom. The van der Waals surface area contributed by atoms with Gasteiger partial charge in [0.15, 0.2) is 0 Å². The number of rotatable bonds is 6. The predicted octanol–water partition coefficient (Wildman–Crippen LogP) is 3.04. The van der Waals surface area contributed by atoms with Gasteiger partial charge in [-0.25, -0.2) is 4.79 Å². The zero-order chi connectivity index (χ0) is 17.3. The molecule has 1 saturated heterocycles. The van der Waals surface area contributed by atoms with E-state index < -0.39 is 11.6 Å². The normalized spacial score (nSPS) is 20.9. The zero-order valence-corrected chi connectivity index (χ0v) is 14.7. The van der Waals surface area contributed by atoms with Gasteiger partial charge >= 0.3 is 6.03 Å². The third kappa shape index (κ3) is 3.19. The summed E-state index contributed by atoms with van der Waals surface area (Å²) in [5, 5.41) is 10.5. The standard InChI is InChI=1S/C16H20N4O3S/c1-10(2)4-6-16(3)14(21)20(15(22)18-16)8-12-17-13(19-23-12)11-5-7-24-9-11/h5,7,9-10H,4,6,8H2,1-3H3,(H,18,22)/t16-/m1/s1. The molecule has 1 aliphatic heterocycles. The Morgan fingerprint density at radius 2 is 2.21 bits per heavy atom. The molecule has 0 radical (unpaired) electrons. The second-order valence-electron chi connectivity index (χ2n) is 6.61. The van der Waals surface area contributed by atoms with Crippen LogP contribution in [0.4, 0.5) is 4.79 Å². The molecule has 1 N–H and O–H groups in total. The third-order valence-electron chi connectivity index (χ3n) is 4.11. The van der Waals surface area contributed by atoms with E-state index in [-0.39, 0.29) is 18.3 Å². The first-order chi connectivity index (χ1) is 11.4. The molecule has 3 amide bonds. The first-order valence-electron chi connectivity index (χ1n) is 7.88. The molecule has 3 rings (SSSR count).